The molecule has 0 unspecified atom stereocenters. The molecule has 0 spiro atoms. The number of fused-ring (bicyclic) bond motifs is 1. The van der Waals surface area contributed by atoms with Crippen molar-refractivity contribution in [2.24, 2.45) is 0 Å². The van der Waals surface area contributed by atoms with Gasteiger partial charge in [-0.05, 0) is 23.8 Å². The van der Waals surface area contributed by atoms with Crippen LogP contribution in [-0.4, -0.2) is 49.0 Å². The summed E-state index contributed by atoms with van der Waals surface area (Å²) >= 11 is 1.46. The van der Waals surface area contributed by atoms with Crippen molar-refractivity contribution < 1.29 is 22.3 Å². The van der Waals surface area contributed by atoms with E-state index in [0.717, 1.165) is 16.1 Å². The first-order chi connectivity index (χ1) is 19.8. The van der Waals surface area contributed by atoms with Crippen LogP contribution in [0.25, 0.3) is 22.2 Å². The summed E-state index contributed by atoms with van der Waals surface area (Å²) in [5.74, 6) is 0.812. The van der Waals surface area contributed by atoms with Gasteiger partial charge in [0, 0.05) is 53.5 Å². The first-order valence-electron chi connectivity index (χ1n) is 12.7. The molecule has 0 fully saturated rings. The van der Waals surface area contributed by atoms with Crippen LogP contribution in [0.5, 0.6) is 11.5 Å². The number of thiazole rings is 1. The van der Waals surface area contributed by atoms with Crippen molar-refractivity contribution in [3.8, 4) is 22.8 Å². The normalized spacial score (nSPS) is 11.5. The predicted octanol–water partition coefficient (Wildman–Crippen LogP) is 5.36. The molecule has 0 amide bonds. The number of aromatic nitrogens is 3. The highest BCUT2D eigenvalue weighted by molar-refractivity contribution is 7.90. The molecular formula is C29H28FN5O4S2. The lowest BCUT2D eigenvalue weighted by molar-refractivity contribution is 0.290. The van der Waals surface area contributed by atoms with Crippen LogP contribution in [-0.2, 0) is 23.0 Å². The summed E-state index contributed by atoms with van der Waals surface area (Å²) in [5.41, 5.74) is 3.54. The van der Waals surface area contributed by atoms with E-state index in [0.29, 0.717) is 46.9 Å². The monoisotopic (exact) mass is 593 g/mol. The number of benzene rings is 3. The highest BCUT2D eigenvalue weighted by atomic mass is 32.2. The number of methoxy groups -OCH3 is 1. The fraction of sp³-hybridized carbons (Fsp3) is 0.207. The van der Waals surface area contributed by atoms with Crippen molar-refractivity contribution >= 4 is 43.6 Å². The first-order valence-corrected chi connectivity index (χ1v) is 15.6. The van der Waals surface area contributed by atoms with Crippen LogP contribution in [0.15, 0.2) is 72.4 Å². The van der Waals surface area contributed by atoms with Crippen molar-refractivity contribution in [1.29, 1.82) is 0 Å². The Morgan fingerprint density at radius 1 is 1.02 bits per heavy atom. The minimum Gasteiger partial charge on any atom is -0.496 e. The molecule has 0 saturated heterocycles. The number of halogens is 1. The van der Waals surface area contributed by atoms with Gasteiger partial charge in [-0.1, -0.05) is 30.3 Å². The molecule has 41 heavy (non-hydrogen) atoms. The van der Waals surface area contributed by atoms with Gasteiger partial charge < -0.3 is 20.1 Å². The standard InChI is InChI=1S/C29H28FN5O4S2/c1-38-27-14-24-22(13-21(27)25-17-40-28(35-25)15-31-10-11-41(2,36)37)29(33-18-32-24)34-20-8-9-26(23(30)12-20)39-16-19-6-4-3-5-7-19/h3-9,12-14,17-18,31H,10-11,15-16H2,1-2H3,(H,32,33,34). The third kappa shape index (κ3) is 7.34. The average molecular weight is 594 g/mol. The van der Waals surface area contributed by atoms with E-state index in [1.165, 1.54) is 30.0 Å². The largest absolute Gasteiger partial charge is 0.496 e. The minimum atomic E-state index is -3.03. The van der Waals surface area contributed by atoms with Crippen molar-refractivity contribution in [3.05, 3.63) is 88.8 Å². The Bertz CT molecular complexity index is 1760. The first kappa shape index (κ1) is 28.4. The fourth-order valence-electron chi connectivity index (χ4n) is 4.09. The van der Waals surface area contributed by atoms with Gasteiger partial charge in [-0.3, -0.25) is 0 Å². The summed E-state index contributed by atoms with van der Waals surface area (Å²) in [7, 11) is -1.45. The Labute approximate surface area is 241 Å². The molecule has 3 aromatic carbocycles. The lowest BCUT2D eigenvalue weighted by atomic mass is 10.1. The van der Waals surface area contributed by atoms with Crippen molar-refractivity contribution in [2.75, 3.05) is 31.0 Å². The van der Waals surface area contributed by atoms with Crippen LogP contribution in [0.4, 0.5) is 15.9 Å². The number of anilines is 2. The molecule has 5 aromatic rings. The van der Waals surface area contributed by atoms with E-state index < -0.39 is 15.7 Å². The Kier molecular flexibility index (Phi) is 8.72. The third-order valence-electron chi connectivity index (χ3n) is 6.14. The minimum absolute atomic E-state index is 0.0623. The van der Waals surface area contributed by atoms with E-state index in [4.69, 9.17) is 14.5 Å². The van der Waals surface area contributed by atoms with E-state index in [-0.39, 0.29) is 18.1 Å². The van der Waals surface area contributed by atoms with Gasteiger partial charge in [-0.2, -0.15) is 0 Å². The zero-order chi connectivity index (χ0) is 28.8. The molecular weight excluding hydrogens is 565 g/mol. The molecule has 0 bridgehead atoms. The van der Waals surface area contributed by atoms with Crippen LogP contribution in [0.2, 0.25) is 0 Å². The maximum atomic E-state index is 14.9. The Hall–Kier alpha value is -4.13. The summed E-state index contributed by atoms with van der Waals surface area (Å²) in [6.45, 7) is 1.06. The molecule has 2 heterocycles. The van der Waals surface area contributed by atoms with E-state index in [2.05, 4.69) is 20.6 Å². The zero-order valence-corrected chi connectivity index (χ0v) is 24.1. The van der Waals surface area contributed by atoms with Gasteiger partial charge in [0.25, 0.3) is 0 Å². The van der Waals surface area contributed by atoms with E-state index in [1.54, 1.807) is 19.2 Å². The molecule has 212 valence electrons. The lowest BCUT2D eigenvalue weighted by Crippen LogP contribution is -2.21. The third-order valence-corrected chi connectivity index (χ3v) is 7.94. The van der Waals surface area contributed by atoms with Gasteiger partial charge in [0.15, 0.2) is 11.6 Å². The number of nitrogens with zero attached hydrogens (tertiary/aromatic N) is 3. The summed E-state index contributed by atoms with van der Waals surface area (Å²) in [4.78, 5) is 13.5. The molecule has 0 radical (unpaired) electrons. The Morgan fingerprint density at radius 2 is 1.85 bits per heavy atom. The second kappa shape index (κ2) is 12.6. The highest BCUT2D eigenvalue weighted by Crippen LogP contribution is 2.36. The van der Waals surface area contributed by atoms with Gasteiger partial charge in [0.05, 0.1) is 24.1 Å². The smallest absolute Gasteiger partial charge is 0.167 e. The summed E-state index contributed by atoms with van der Waals surface area (Å²) < 4.78 is 48.9. The Balaban J connectivity index is 1.35. The van der Waals surface area contributed by atoms with Gasteiger partial charge in [0.2, 0.25) is 0 Å². The molecule has 0 aliphatic rings. The number of hydrogen-bond acceptors (Lipinski definition) is 10. The number of rotatable bonds is 12. The number of nitrogens with one attached hydrogen (secondary N) is 2. The molecule has 0 saturated carbocycles. The molecule has 2 N–H and O–H groups in total. The average Bonchev–Trinajstić information content (AvgIpc) is 3.43. The molecule has 2 aromatic heterocycles. The van der Waals surface area contributed by atoms with E-state index >= 15 is 0 Å². The number of sulfone groups is 1. The molecule has 12 heteroatoms. The second-order valence-corrected chi connectivity index (χ2v) is 12.5. The van der Waals surface area contributed by atoms with Crippen molar-refractivity contribution in [3.63, 3.8) is 0 Å². The second-order valence-electron chi connectivity index (χ2n) is 9.27. The molecule has 0 aliphatic carbocycles. The SMILES string of the molecule is COc1cc2ncnc(Nc3ccc(OCc4ccccc4)c(F)c3)c2cc1-c1csc(CNCCS(C)(=O)=O)n1. The molecule has 0 atom stereocenters. The highest BCUT2D eigenvalue weighted by Gasteiger charge is 2.16. The quantitative estimate of drug-likeness (QED) is 0.185. The van der Waals surface area contributed by atoms with E-state index in [1.807, 2.05) is 47.8 Å². The van der Waals surface area contributed by atoms with Crippen LogP contribution < -0.4 is 20.1 Å². The van der Waals surface area contributed by atoms with Crippen molar-refractivity contribution in [1.82, 2.24) is 20.3 Å². The molecule has 0 aliphatic heterocycles. The van der Waals surface area contributed by atoms with Crippen LogP contribution >= 0.6 is 11.3 Å². The van der Waals surface area contributed by atoms with Crippen LogP contribution in [0.1, 0.15) is 10.6 Å². The zero-order valence-electron chi connectivity index (χ0n) is 22.4. The van der Waals surface area contributed by atoms with Crippen molar-refractivity contribution in [2.45, 2.75) is 13.2 Å². The molecule has 9 nitrogen and oxygen atoms in total. The lowest BCUT2D eigenvalue weighted by Gasteiger charge is -2.13. The molecule has 5 rings (SSSR count). The van der Waals surface area contributed by atoms with Gasteiger partial charge >= 0.3 is 0 Å². The summed E-state index contributed by atoms with van der Waals surface area (Å²) in [5, 5.41) is 9.73. The van der Waals surface area contributed by atoms with Crippen LogP contribution in [0, 0.1) is 5.82 Å². The maximum absolute atomic E-state index is 14.9. The summed E-state index contributed by atoms with van der Waals surface area (Å²) in [6.07, 6.45) is 2.64. The summed E-state index contributed by atoms with van der Waals surface area (Å²) in [6, 6.07) is 17.9. The van der Waals surface area contributed by atoms with Gasteiger partial charge in [-0.15, -0.1) is 11.3 Å². The van der Waals surface area contributed by atoms with Gasteiger partial charge in [0.1, 0.15) is 39.3 Å². The maximum Gasteiger partial charge on any atom is 0.167 e. The number of ether oxygens (including phenoxy) is 2. The Morgan fingerprint density at radius 3 is 2.61 bits per heavy atom. The fourth-order valence-corrected chi connectivity index (χ4v) is 5.37. The predicted molar refractivity (Wildman–Crippen MR) is 159 cm³/mol. The van der Waals surface area contributed by atoms with E-state index in [9.17, 15) is 12.8 Å². The topological polar surface area (TPSA) is 115 Å². The number of hydrogen-bond donors (Lipinski definition) is 2. The van der Waals surface area contributed by atoms with Crippen LogP contribution in [0.3, 0.4) is 0 Å². The van der Waals surface area contributed by atoms with Gasteiger partial charge in [-0.25, -0.2) is 27.8 Å².